The van der Waals surface area contributed by atoms with Crippen LogP contribution in [0.2, 0.25) is 0 Å². The molecule has 0 aliphatic rings. The van der Waals surface area contributed by atoms with Gasteiger partial charge in [0.25, 0.3) is 0 Å². The predicted octanol–water partition coefficient (Wildman–Crippen LogP) is 3.05. The first-order valence-electron chi connectivity index (χ1n) is 5.22. The molecule has 0 amide bonds. The van der Waals surface area contributed by atoms with E-state index in [1.807, 2.05) is 36.4 Å². The van der Waals surface area contributed by atoms with Crippen molar-refractivity contribution < 1.29 is 4.42 Å². The summed E-state index contributed by atoms with van der Waals surface area (Å²) in [4.78, 5) is 0. The summed E-state index contributed by atoms with van der Waals surface area (Å²) in [6.07, 6.45) is 0. The molecule has 0 fully saturated rings. The Morgan fingerprint density at radius 2 is 1.88 bits per heavy atom. The molecule has 0 spiro atoms. The molecule has 1 heterocycles. The molecule has 0 saturated heterocycles. The third-order valence-corrected chi connectivity index (χ3v) is 2.92. The van der Waals surface area contributed by atoms with Crippen molar-refractivity contribution in [2.75, 3.05) is 0 Å². The molecule has 2 aromatic rings. The summed E-state index contributed by atoms with van der Waals surface area (Å²) < 4.78 is 6.34. The van der Waals surface area contributed by atoms with Crippen molar-refractivity contribution in [3.8, 4) is 6.07 Å². The maximum atomic E-state index is 8.68. The lowest BCUT2D eigenvalue weighted by atomic mass is 10.1. The second kappa shape index (κ2) is 5.84. The monoisotopic (exact) mass is 338 g/mol. The minimum atomic E-state index is 0.689. The number of nitrogens with zero attached hydrogens (tertiary/aromatic N) is 1. The molecule has 1 aromatic heterocycles. The molecule has 0 unspecified atom stereocenters. The summed E-state index contributed by atoms with van der Waals surface area (Å²) >= 11 is 2.15. The van der Waals surface area contributed by atoms with Crippen LogP contribution in [0.4, 0.5) is 0 Å². The number of benzene rings is 1. The fourth-order valence-corrected chi connectivity index (χ4v) is 1.94. The Morgan fingerprint density at radius 1 is 1.12 bits per heavy atom. The highest BCUT2D eigenvalue weighted by molar-refractivity contribution is 14.1. The lowest BCUT2D eigenvalue weighted by molar-refractivity contribution is 0.463. The van der Waals surface area contributed by atoms with Crippen LogP contribution in [0.15, 0.2) is 40.8 Å². The third-order valence-electron chi connectivity index (χ3n) is 2.34. The predicted molar refractivity (Wildman–Crippen MR) is 73.1 cm³/mol. The number of rotatable bonds is 4. The summed E-state index contributed by atoms with van der Waals surface area (Å²) in [5, 5.41) is 12.0. The first kappa shape index (κ1) is 12.1. The van der Waals surface area contributed by atoms with Crippen LogP contribution >= 0.6 is 22.6 Å². The minimum absolute atomic E-state index is 0.689. The average Bonchev–Trinajstić information content (AvgIpc) is 2.76. The highest BCUT2D eigenvalue weighted by Crippen LogP contribution is 2.10. The summed E-state index contributed by atoms with van der Waals surface area (Å²) in [5.41, 5.74) is 1.85. The van der Waals surface area contributed by atoms with Crippen molar-refractivity contribution in [1.29, 1.82) is 5.26 Å². The van der Waals surface area contributed by atoms with Crippen molar-refractivity contribution in [1.82, 2.24) is 5.32 Å². The molecule has 2 rings (SSSR count). The molecular formula is C13H11IN2O. The Hall–Kier alpha value is -1.32. The van der Waals surface area contributed by atoms with Crippen molar-refractivity contribution in [3.05, 3.63) is 57.1 Å². The molecule has 0 aliphatic heterocycles. The second-order valence-corrected chi connectivity index (χ2v) is 4.68. The zero-order chi connectivity index (χ0) is 12.1. The van der Waals surface area contributed by atoms with Crippen LogP contribution in [0.25, 0.3) is 0 Å². The van der Waals surface area contributed by atoms with Crippen molar-refractivity contribution >= 4 is 22.6 Å². The van der Waals surface area contributed by atoms with Gasteiger partial charge in [0.15, 0.2) is 3.77 Å². The van der Waals surface area contributed by atoms with E-state index in [9.17, 15) is 0 Å². The largest absolute Gasteiger partial charge is 0.454 e. The van der Waals surface area contributed by atoms with Crippen LogP contribution < -0.4 is 5.32 Å². The van der Waals surface area contributed by atoms with Gasteiger partial charge in [0.05, 0.1) is 18.2 Å². The Balaban J connectivity index is 1.84. The smallest absolute Gasteiger partial charge is 0.164 e. The molecule has 86 valence electrons. The minimum Gasteiger partial charge on any atom is -0.454 e. The zero-order valence-corrected chi connectivity index (χ0v) is 11.3. The highest BCUT2D eigenvalue weighted by atomic mass is 127. The first-order valence-corrected chi connectivity index (χ1v) is 6.30. The van der Waals surface area contributed by atoms with E-state index in [0.717, 1.165) is 21.6 Å². The highest BCUT2D eigenvalue weighted by Gasteiger charge is 1.99. The first-order chi connectivity index (χ1) is 8.28. The van der Waals surface area contributed by atoms with E-state index in [2.05, 4.69) is 34.0 Å². The SMILES string of the molecule is N#Cc1ccc(CNCc2ccc(I)o2)cc1. The topological polar surface area (TPSA) is 49.0 Å². The Bertz CT molecular complexity index is 525. The molecule has 1 aromatic carbocycles. The van der Waals surface area contributed by atoms with Crippen LogP contribution in [0.1, 0.15) is 16.9 Å². The summed E-state index contributed by atoms with van der Waals surface area (Å²) in [7, 11) is 0. The summed E-state index contributed by atoms with van der Waals surface area (Å²) in [5.74, 6) is 0.933. The van der Waals surface area contributed by atoms with Crippen molar-refractivity contribution in [2.24, 2.45) is 0 Å². The Kier molecular flexibility index (Phi) is 4.18. The van der Waals surface area contributed by atoms with Gasteiger partial charge in [-0.2, -0.15) is 5.26 Å². The van der Waals surface area contributed by atoms with Gasteiger partial charge < -0.3 is 9.73 Å². The standard InChI is InChI=1S/C13H11IN2O/c14-13-6-5-12(17-13)9-16-8-11-3-1-10(7-15)2-4-11/h1-6,16H,8-9H2. The third kappa shape index (κ3) is 3.58. The number of furan rings is 1. The number of nitrogens with one attached hydrogen (secondary N) is 1. The quantitative estimate of drug-likeness (QED) is 0.872. The zero-order valence-electron chi connectivity index (χ0n) is 9.11. The molecule has 0 saturated carbocycles. The van der Waals surface area contributed by atoms with Gasteiger partial charge >= 0.3 is 0 Å². The molecule has 0 atom stereocenters. The molecule has 0 bridgehead atoms. The lowest BCUT2D eigenvalue weighted by Gasteiger charge is -2.02. The van der Waals surface area contributed by atoms with Gasteiger partial charge in [-0.3, -0.25) is 0 Å². The van der Waals surface area contributed by atoms with Gasteiger partial charge in [-0.1, -0.05) is 12.1 Å². The average molecular weight is 338 g/mol. The van der Waals surface area contributed by atoms with E-state index >= 15 is 0 Å². The van der Waals surface area contributed by atoms with Crippen LogP contribution in [-0.4, -0.2) is 0 Å². The lowest BCUT2D eigenvalue weighted by Crippen LogP contribution is -2.11. The molecule has 1 N–H and O–H groups in total. The van der Waals surface area contributed by atoms with Crippen LogP contribution in [0.3, 0.4) is 0 Å². The van der Waals surface area contributed by atoms with Gasteiger partial charge in [-0.15, -0.1) is 0 Å². The van der Waals surface area contributed by atoms with E-state index in [1.54, 1.807) is 0 Å². The Labute approximate surface area is 114 Å². The molecule has 3 nitrogen and oxygen atoms in total. The van der Waals surface area contributed by atoms with Gasteiger partial charge in [-0.05, 0) is 52.4 Å². The van der Waals surface area contributed by atoms with Gasteiger partial charge in [0.1, 0.15) is 5.76 Å². The second-order valence-electron chi connectivity index (χ2n) is 3.62. The van der Waals surface area contributed by atoms with E-state index in [-0.39, 0.29) is 0 Å². The normalized spacial score (nSPS) is 10.1. The van der Waals surface area contributed by atoms with E-state index in [0.29, 0.717) is 12.1 Å². The van der Waals surface area contributed by atoms with Crippen molar-refractivity contribution in [2.45, 2.75) is 13.1 Å². The van der Waals surface area contributed by atoms with E-state index in [4.69, 9.17) is 9.68 Å². The van der Waals surface area contributed by atoms with Crippen LogP contribution in [0, 0.1) is 15.1 Å². The Morgan fingerprint density at radius 3 is 2.47 bits per heavy atom. The van der Waals surface area contributed by atoms with Crippen molar-refractivity contribution in [3.63, 3.8) is 0 Å². The van der Waals surface area contributed by atoms with Crippen LogP contribution in [-0.2, 0) is 13.1 Å². The van der Waals surface area contributed by atoms with Crippen LogP contribution in [0.5, 0.6) is 0 Å². The molecule has 0 radical (unpaired) electrons. The van der Waals surface area contributed by atoms with Gasteiger partial charge in [0, 0.05) is 6.54 Å². The number of halogens is 1. The maximum Gasteiger partial charge on any atom is 0.164 e. The fourth-order valence-electron chi connectivity index (χ4n) is 1.47. The van der Waals surface area contributed by atoms with E-state index < -0.39 is 0 Å². The number of hydrogen-bond donors (Lipinski definition) is 1. The number of hydrogen-bond acceptors (Lipinski definition) is 3. The fraction of sp³-hybridized carbons (Fsp3) is 0.154. The van der Waals surface area contributed by atoms with Gasteiger partial charge in [0.2, 0.25) is 0 Å². The molecule has 4 heteroatoms. The molecular weight excluding hydrogens is 327 g/mol. The molecule has 0 aliphatic carbocycles. The number of nitriles is 1. The van der Waals surface area contributed by atoms with Gasteiger partial charge in [-0.25, -0.2) is 0 Å². The summed E-state index contributed by atoms with van der Waals surface area (Å²) in [6.45, 7) is 1.48. The maximum absolute atomic E-state index is 8.68. The van der Waals surface area contributed by atoms with E-state index in [1.165, 1.54) is 0 Å². The molecule has 17 heavy (non-hydrogen) atoms. The summed E-state index contributed by atoms with van der Waals surface area (Å²) in [6, 6.07) is 13.6.